The number of carbonyl (C=O) groups excluding carboxylic acids is 1. The van der Waals surface area contributed by atoms with Gasteiger partial charge in [0.15, 0.2) is 0 Å². The number of hydrazine groups is 1. The van der Waals surface area contributed by atoms with Crippen LogP contribution >= 0.6 is 0 Å². The quantitative estimate of drug-likeness (QED) is 0.378. The summed E-state index contributed by atoms with van der Waals surface area (Å²) in [4.78, 5) is 10.4. The summed E-state index contributed by atoms with van der Waals surface area (Å²) in [5, 5.41) is 5.49. The van der Waals surface area contributed by atoms with E-state index in [0.29, 0.717) is 0 Å². The second-order valence-corrected chi connectivity index (χ2v) is 1.98. The third kappa shape index (κ3) is 2.03. The highest BCUT2D eigenvalue weighted by Gasteiger charge is 2.14. The topological polar surface area (TPSA) is 53.2 Å². The summed E-state index contributed by atoms with van der Waals surface area (Å²) in [6, 6.07) is 0. The molecule has 1 heterocycles. The molecule has 0 aromatic rings. The summed E-state index contributed by atoms with van der Waals surface area (Å²) in [6.45, 7) is 1.50. The molecule has 1 aliphatic rings. The molecular formula is C4H9BN3O. The number of hydrogen-bond acceptors (Lipinski definition) is 3. The molecule has 0 aromatic carbocycles. The maximum absolute atomic E-state index is 10.4. The average molecular weight is 126 g/mol. The van der Waals surface area contributed by atoms with Gasteiger partial charge in [0.2, 0.25) is 13.3 Å². The van der Waals surface area contributed by atoms with Crippen molar-refractivity contribution in [3.63, 3.8) is 0 Å². The van der Waals surface area contributed by atoms with Gasteiger partial charge >= 0.3 is 0 Å². The molecule has 1 radical (unpaired) electrons. The van der Waals surface area contributed by atoms with Crippen molar-refractivity contribution in [1.29, 1.82) is 0 Å². The van der Waals surface area contributed by atoms with Crippen LogP contribution in [0.25, 0.3) is 0 Å². The van der Waals surface area contributed by atoms with Crippen LogP contribution in [0.3, 0.4) is 0 Å². The van der Waals surface area contributed by atoms with Crippen LogP contribution < -0.4 is 16.1 Å². The lowest BCUT2D eigenvalue weighted by Crippen LogP contribution is -2.43. The van der Waals surface area contributed by atoms with Crippen LogP contribution in [0.5, 0.6) is 0 Å². The number of nitrogens with one attached hydrogen (secondary N) is 3. The minimum absolute atomic E-state index is 0.00963. The highest BCUT2D eigenvalue weighted by molar-refractivity contribution is 6.33. The van der Waals surface area contributed by atoms with Crippen LogP contribution in [-0.4, -0.2) is 19.5 Å². The molecule has 1 fully saturated rings. The van der Waals surface area contributed by atoms with Crippen molar-refractivity contribution in [1.82, 2.24) is 16.1 Å². The van der Waals surface area contributed by atoms with Gasteiger partial charge in [-0.25, -0.2) is 5.43 Å². The van der Waals surface area contributed by atoms with Crippen LogP contribution in [0.15, 0.2) is 0 Å². The first-order valence-corrected chi connectivity index (χ1v) is 2.89. The fourth-order valence-corrected chi connectivity index (χ4v) is 0.736. The summed E-state index contributed by atoms with van der Waals surface area (Å²) >= 11 is 0. The van der Waals surface area contributed by atoms with E-state index in [9.17, 15) is 4.79 Å². The SMILES string of the molecule is CC(=O)NC1C[B]NN1. The first-order valence-electron chi connectivity index (χ1n) is 2.89. The maximum Gasteiger partial charge on any atom is 0.228 e. The molecule has 4 nitrogen and oxygen atoms in total. The standard InChI is InChI=1S/C4H9BN3O/c1-3(9)6-4-2-5-8-7-4/h4,7-8H,2H2,1H3,(H,6,9). The van der Waals surface area contributed by atoms with Crippen LogP contribution in [-0.2, 0) is 4.79 Å². The normalized spacial score (nSPS) is 25.2. The summed E-state index contributed by atoms with van der Waals surface area (Å²) < 4.78 is 0. The van der Waals surface area contributed by atoms with Gasteiger partial charge in [-0.1, -0.05) is 0 Å². The van der Waals surface area contributed by atoms with Gasteiger partial charge in [-0.2, -0.15) is 0 Å². The van der Waals surface area contributed by atoms with Crippen molar-refractivity contribution in [2.75, 3.05) is 0 Å². The Morgan fingerprint density at radius 2 is 2.67 bits per heavy atom. The maximum atomic E-state index is 10.4. The Kier molecular flexibility index (Phi) is 2.08. The number of rotatable bonds is 1. The van der Waals surface area contributed by atoms with Crippen molar-refractivity contribution in [3.8, 4) is 0 Å². The van der Waals surface area contributed by atoms with Crippen molar-refractivity contribution < 1.29 is 4.79 Å². The van der Waals surface area contributed by atoms with Gasteiger partial charge < -0.3 is 10.7 Å². The number of amides is 1. The van der Waals surface area contributed by atoms with E-state index in [1.54, 1.807) is 0 Å². The minimum Gasteiger partial charge on any atom is -0.341 e. The Balaban J connectivity index is 2.19. The molecule has 1 rings (SSSR count). The zero-order valence-corrected chi connectivity index (χ0v) is 5.27. The number of carbonyl (C=O) groups is 1. The van der Waals surface area contributed by atoms with Crippen molar-refractivity contribution in [2.24, 2.45) is 0 Å². The molecule has 0 aromatic heterocycles. The van der Waals surface area contributed by atoms with Crippen LogP contribution in [0, 0.1) is 0 Å². The van der Waals surface area contributed by atoms with Gasteiger partial charge in [0.05, 0.1) is 6.17 Å². The lowest BCUT2D eigenvalue weighted by molar-refractivity contribution is -0.119. The fourth-order valence-electron chi connectivity index (χ4n) is 0.736. The van der Waals surface area contributed by atoms with E-state index in [-0.39, 0.29) is 12.1 Å². The fraction of sp³-hybridized carbons (Fsp3) is 0.750. The molecule has 0 spiro atoms. The van der Waals surface area contributed by atoms with Crippen molar-refractivity contribution >= 4 is 13.3 Å². The summed E-state index contributed by atoms with van der Waals surface area (Å²) in [6.07, 6.45) is 0.905. The van der Waals surface area contributed by atoms with E-state index in [1.807, 2.05) is 7.41 Å². The molecule has 1 aliphatic heterocycles. The molecule has 0 bridgehead atoms. The van der Waals surface area contributed by atoms with Crippen LogP contribution in [0.4, 0.5) is 0 Å². The monoisotopic (exact) mass is 126 g/mol. The molecular weight excluding hydrogens is 117 g/mol. The average Bonchev–Trinajstić information content (AvgIpc) is 2.15. The molecule has 49 valence electrons. The molecule has 9 heavy (non-hydrogen) atoms. The molecule has 1 saturated heterocycles. The predicted molar refractivity (Wildman–Crippen MR) is 34.4 cm³/mol. The highest BCUT2D eigenvalue weighted by Crippen LogP contribution is 1.89. The Morgan fingerprint density at radius 1 is 1.89 bits per heavy atom. The van der Waals surface area contributed by atoms with Gasteiger partial charge in [-0.3, -0.25) is 4.79 Å². The zero-order chi connectivity index (χ0) is 6.69. The lowest BCUT2D eigenvalue weighted by Gasteiger charge is -2.09. The van der Waals surface area contributed by atoms with Crippen molar-refractivity contribution in [2.45, 2.75) is 19.4 Å². The molecule has 0 aliphatic carbocycles. The molecule has 1 atom stereocenters. The minimum atomic E-state index is -0.00963. The largest absolute Gasteiger partial charge is 0.341 e. The molecule has 0 saturated carbocycles. The van der Waals surface area contributed by atoms with Gasteiger partial charge in [0.25, 0.3) is 0 Å². The Bertz CT molecular complexity index is 112. The smallest absolute Gasteiger partial charge is 0.228 e. The van der Waals surface area contributed by atoms with Crippen LogP contribution in [0.1, 0.15) is 6.92 Å². The van der Waals surface area contributed by atoms with Gasteiger partial charge in [0.1, 0.15) is 0 Å². The van der Waals surface area contributed by atoms with Crippen LogP contribution in [0.2, 0.25) is 6.32 Å². The third-order valence-electron chi connectivity index (χ3n) is 1.09. The Morgan fingerprint density at radius 3 is 3.11 bits per heavy atom. The predicted octanol–water partition coefficient (Wildman–Crippen LogP) is -1.41. The zero-order valence-electron chi connectivity index (χ0n) is 5.27. The molecule has 1 unspecified atom stereocenters. The van der Waals surface area contributed by atoms with Gasteiger partial charge in [-0.15, -0.1) is 0 Å². The first-order chi connectivity index (χ1) is 4.29. The highest BCUT2D eigenvalue weighted by atomic mass is 16.1. The van der Waals surface area contributed by atoms with E-state index in [1.165, 1.54) is 6.92 Å². The molecule has 5 heteroatoms. The van der Waals surface area contributed by atoms with E-state index in [4.69, 9.17) is 0 Å². The summed E-state index contributed by atoms with van der Waals surface area (Å²) in [5.74, 6) is -0.00963. The molecule has 1 amide bonds. The number of hydrogen-bond donors (Lipinski definition) is 3. The van der Waals surface area contributed by atoms with E-state index in [0.717, 1.165) is 6.32 Å². The summed E-state index contributed by atoms with van der Waals surface area (Å²) in [5.41, 5.74) is 2.85. The van der Waals surface area contributed by atoms with E-state index < -0.39 is 0 Å². The van der Waals surface area contributed by atoms with Gasteiger partial charge in [-0.05, 0) is 6.32 Å². The second-order valence-electron chi connectivity index (χ2n) is 1.98. The Labute approximate surface area is 54.6 Å². The van der Waals surface area contributed by atoms with Crippen molar-refractivity contribution in [3.05, 3.63) is 0 Å². The lowest BCUT2D eigenvalue weighted by atomic mass is 9.92. The van der Waals surface area contributed by atoms with E-state index in [2.05, 4.69) is 16.1 Å². The summed E-state index contributed by atoms with van der Waals surface area (Å²) in [7, 11) is 1.86. The van der Waals surface area contributed by atoms with E-state index >= 15 is 0 Å². The van der Waals surface area contributed by atoms with Gasteiger partial charge in [0, 0.05) is 6.92 Å². The Hall–Kier alpha value is -0.545. The first kappa shape index (κ1) is 6.57. The third-order valence-corrected chi connectivity index (χ3v) is 1.09. The second kappa shape index (κ2) is 2.84. The molecule has 3 N–H and O–H groups in total.